The van der Waals surface area contributed by atoms with Crippen LogP contribution in [-0.2, 0) is 25.7 Å². The van der Waals surface area contributed by atoms with Gasteiger partial charge in [-0.05, 0) is 47.9 Å². The number of carbonyl (C=O) groups is 2. The molecule has 228 valence electrons. The lowest BCUT2D eigenvalue weighted by Gasteiger charge is -2.36. The predicted octanol–water partition coefficient (Wildman–Crippen LogP) is 5.64. The van der Waals surface area contributed by atoms with Crippen LogP contribution in [0.5, 0.6) is 0 Å². The number of ether oxygens (including phenoxy) is 2. The van der Waals surface area contributed by atoms with E-state index in [-0.39, 0.29) is 43.5 Å². The average molecular weight is 614 g/mol. The first-order valence-corrected chi connectivity index (χ1v) is 15.4. The first-order valence-electron chi connectivity index (χ1n) is 14.4. The standard InChI is InChI=1S/C33H35N5O5S/c34-27-5-1-2-6-28(27)38-31(41)8-3-7-30(40)37-25-15-13-24(14-16-25)32-42-26(21-44-33-35-17-4-18-36-33)19-29(43-32)23-11-9-22(20-39)10-12-23/h1-2,4-6,9-18,26,29,32,39H,3,7-8,19-21,34H2,(H,37,40)(H,38,41)/t26-,29+,32+/m0/s1. The van der Waals surface area contributed by atoms with Crippen molar-refractivity contribution in [3.8, 4) is 0 Å². The maximum absolute atomic E-state index is 12.5. The number of hydrogen-bond donors (Lipinski definition) is 4. The number of nitrogen functional groups attached to an aromatic ring is 1. The molecule has 11 heteroatoms. The molecule has 0 spiro atoms. The summed E-state index contributed by atoms with van der Waals surface area (Å²) in [7, 11) is 0. The second-order valence-corrected chi connectivity index (χ2v) is 11.3. The molecule has 0 saturated carbocycles. The average Bonchev–Trinajstić information content (AvgIpc) is 3.05. The van der Waals surface area contributed by atoms with Crippen molar-refractivity contribution in [2.45, 2.75) is 55.9 Å². The highest BCUT2D eigenvalue weighted by molar-refractivity contribution is 7.99. The normalized spacial score (nSPS) is 18.0. The van der Waals surface area contributed by atoms with Crippen molar-refractivity contribution in [2.75, 3.05) is 22.1 Å². The molecule has 1 saturated heterocycles. The Morgan fingerprint density at radius 1 is 0.864 bits per heavy atom. The molecule has 1 aliphatic heterocycles. The van der Waals surface area contributed by atoms with Crippen LogP contribution < -0.4 is 16.4 Å². The predicted molar refractivity (Wildman–Crippen MR) is 170 cm³/mol. The molecule has 1 aliphatic rings. The zero-order valence-corrected chi connectivity index (χ0v) is 24.9. The minimum atomic E-state index is -0.615. The number of amides is 2. The topological polar surface area (TPSA) is 149 Å². The van der Waals surface area contributed by atoms with Gasteiger partial charge in [0, 0.05) is 48.7 Å². The summed E-state index contributed by atoms with van der Waals surface area (Å²) in [6.07, 6.45) is 3.95. The Morgan fingerprint density at radius 2 is 1.55 bits per heavy atom. The van der Waals surface area contributed by atoms with E-state index < -0.39 is 6.29 Å². The highest BCUT2D eigenvalue weighted by atomic mass is 32.2. The Balaban J connectivity index is 1.16. The summed E-state index contributed by atoms with van der Waals surface area (Å²) in [5, 5.41) is 15.8. The smallest absolute Gasteiger partial charge is 0.224 e. The molecule has 3 aromatic carbocycles. The molecule has 0 aliphatic carbocycles. The van der Waals surface area contributed by atoms with Gasteiger partial charge in [-0.1, -0.05) is 60.3 Å². The SMILES string of the molecule is Nc1ccccc1NC(=O)CCCC(=O)Nc1ccc([C@@H]2O[C@H](CSc3ncccn3)C[C@H](c3ccc(CO)cc3)O2)cc1. The summed E-state index contributed by atoms with van der Waals surface area (Å²) in [5.74, 6) is 0.282. The molecular formula is C33H35N5O5S. The number of rotatable bonds is 12. The molecule has 5 N–H and O–H groups in total. The van der Waals surface area contributed by atoms with Gasteiger partial charge in [-0.15, -0.1) is 0 Å². The summed E-state index contributed by atoms with van der Waals surface area (Å²) in [6, 6.07) is 23.9. The molecular weight excluding hydrogens is 578 g/mol. The number of aliphatic hydroxyl groups is 1. The van der Waals surface area contributed by atoms with Crippen molar-refractivity contribution in [2.24, 2.45) is 0 Å². The fourth-order valence-corrected chi connectivity index (χ4v) is 5.55. The lowest BCUT2D eigenvalue weighted by molar-refractivity contribution is -0.245. The van der Waals surface area contributed by atoms with Crippen molar-refractivity contribution in [1.82, 2.24) is 9.97 Å². The zero-order valence-electron chi connectivity index (χ0n) is 24.1. The molecule has 2 heterocycles. The van der Waals surface area contributed by atoms with E-state index in [1.54, 1.807) is 42.7 Å². The molecule has 2 amide bonds. The van der Waals surface area contributed by atoms with Gasteiger partial charge in [-0.2, -0.15) is 0 Å². The summed E-state index contributed by atoms with van der Waals surface area (Å²) < 4.78 is 12.8. The molecule has 5 rings (SSSR count). The second-order valence-electron chi connectivity index (χ2n) is 10.4. The lowest BCUT2D eigenvalue weighted by atomic mass is 10.0. The summed E-state index contributed by atoms with van der Waals surface area (Å²) in [4.78, 5) is 33.4. The molecule has 10 nitrogen and oxygen atoms in total. The lowest BCUT2D eigenvalue weighted by Crippen LogP contribution is -2.31. The van der Waals surface area contributed by atoms with Gasteiger partial charge in [-0.25, -0.2) is 9.97 Å². The Kier molecular flexibility index (Phi) is 10.9. The van der Waals surface area contributed by atoms with Gasteiger partial charge in [0.05, 0.1) is 30.2 Å². The van der Waals surface area contributed by atoms with Crippen LogP contribution in [0.2, 0.25) is 0 Å². The van der Waals surface area contributed by atoms with Gasteiger partial charge in [0.2, 0.25) is 11.8 Å². The number of nitrogens with two attached hydrogens (primary N) is 1. The second kappa shape index (κ2) is 15.4. The number of anilines is 3. The zero-order chi connectivity index (χ0) is 30.7. The first-order chi connectivity index (χ1) is 21.5. The van der Waals surface area contributed by atoms with E-state index in [2.05, 4.69) is 20.6 Å². The maximum Gasteiger partial charge on any atom is 0.224 e. The van der Waals surface area contributed by atoms with Crippen LogP contribution in [0.15, 0.2) is 96.4 Å². The van der Waals surface area contributed by atoms with Crippen molar-refractivity contribution >= 4 is 40.6 Å². The van der Waals surface area contributed by atoms with Crippen LogP contribution >= 0.6 is 11.8 Å². The fraction of sp³-hybridized carbons (Fsp3) is 0.273. The van der Waals surface area contributed by atoms with Crippen molar-refractivity contribution in [3.63, 3.8) is 0 Å². The van der Waals surface area contributed by atoms with Crippen LogP contribution in [0.3, 0.4) is 0 Å². The number of nitrogens with one attached hydrogen (secondary N) is 2. The number of carbonyl (C=O) groups excluding carboxylic acids is 2. The van der Waals surface area contributed by atoms with Gasteiger partial charge in [-0.3, -0.25) is 9.59 Å². The van der Waals surface area contributed by atoms with Gasteiger partial charge in [0.15, 0.2) is 11.4 Å². The molecule has 0 bridgehead atoms. The van der Waals surface area contributed by atoms with Crippen LogP contribution in [0, 0.1) is 0 Å². The third kappa shape index (κ3) is 8.87. The van der Waals surface area contributed by atoms with Crippen LogP contribution in [-0.4, -0.2) is 38.7 Å². The molecule has 44 heavy (non-hydrogen) atoms. The minimum absolute atomic E-state index is 0.0179. The number of aromatic nitrogens is 2. The monoisotopic (exact) mass is 613 g/mol. The third-order valence-corrected chi connectivity index (χ3v) is 8.07. The summed E-state index contributed by atoms with van der Waals surface area (Å²) >= 11 is 1.53. The van der Waals surface area contributed by atoms with Gasteiger partial charge in [0.25, 0.3) is 0 Å². The van der Waals surface area contributed by atoms with Crippen molar-refractivity contribution in [3.05, 3.63) is 108 Å². The quantitative estimate of drug-likeness (QED) is 0.0905. The number of nitrogens with zero attached hydrogens (tertiary/aromatic N) is 2. The van der Waals surface area contributed by atoms with Gasteiger partial charge in [0.1, 0.15) is 0 Å². The number of thioether (sulfide) groups is 1. The minimum Gasteiger partial charge on any atom is -0.397 e. The van der Waals surface area contributed by atoms with E-state index in [9.17, 15) is 14.7 Å². The Bertz CT molecular complexity index is 1520. The molecule has 1 fully saturated rings. The van der Waals surface area contributed by atoms with Crippen molar-refractivity contribution < 1.29 is 24.2 Å². The van der Waals surface area contributed by atoms with Crippen LogP contribution in [0.4, 0.5) is 17.1 Å². The van der Waals surface area contributed by atoms with E-state index in [1.165, 1.54) is 11.8 Å². The summed E-state index contributed by atoms with van der Waals surface area (Å²) in [5.41, 5.74) is 10.2. The van der Waals surface area contributed by atoms with E-state index >= 15 is 0 Å². The Morgan fingerprint density at radius 3 is 2.25 bits per heavy atom. The maximum atomic E-state index is 12.5. The largest absolute Gasteiger partial charge is 0.397 e. The number of para-hydroxylation sites is 2. The molecule has 1 aromatic heterocycles. The highest BCUT2D eigenvalue weighted by Crippen LogP contribution is 2.39. The number of aliphatic hydroxyl groups excluding tert-OH is 1. The van der Waals surface area contributed by atoms with Crippen LogP contribution in [0.25, 0.3) is 0 Å². The first kappa shape index (κ1) is 31.1. The van der Waals surface area contributed by atoms with E-state index in [0.717, 1.165) is 16.7 Å². The van der Waals surface area contributed by atoms with E-state index in [1.807, 2.05) is 48.5 Å². The van der Waals surface area contributed by atoms with Crippen molar-refractivity contribution in [1.29, 1.82) is 0 Å². The molecule has 0 radical (unpaired) electrons. The fourth-order valence-electron chi connectivity index (χ4n) is 4.73. The van der Waals surface area contributed by atoms with E-state index in [4.69, 9.17) is 15.2 Å². The number of hydrogen-bond acceptors (Lipinski definition) is 9. The Hall–Kier alpha value is -4.29. The third-order valence-electron chi connectivity index (χ3n) is 7.06. The van der Waals surface area contributed by atoms with E-state index in [0.29, 0.717) is 40.8 Å². The molecule has 3 atom stereocenters. The number of benzene rings is 3. The molecule has 4 aromatic rings. The highest BCUT2D eigenvalue weighted by Gasteiger charge is 2.32. The van der Waals surface area contributed by atoms with Gasteiger partial charge < -0.3 is 30.9 Å². The summed E-state index contributed by atoms with van der Waals surface area (Å²) in [6.45, 7) is -0.0179. The molecule has 0 unspecified atom stereocenters. The van der Waals surface area contributed by atoms with Crippen LogP contribution in [0.1, 0.15) is 54.8 Å². The van der Waals surface area contributed by atoms with Gasteiger partial charge >= 0.3 is 0 Å². The Labute approximate surface area is 260 Å².